The van der Waals surface area contributed by atoms with Gasteiger partial charge in [-0.25, -0.2) is 4.39 Å². The molecule has 0 aliphatic rings. The summed E-state index contributed by atoms with van der Waals surface area (Å²) in [5, 5.41) is 0.606. The summed E-state index contributed by atoms with van der Waals surface area (Å²) in [6, 6.07) is 8.46. The van der Waals surface area contributed by atoms with Gasteiger partial charge in [0.25, 0.3) is 0 Å². The van der Waals surface area contributed by atoms with Crippen molar-refractivity contribution in [3.63, 3.8) is 0 Å². The third kappa shape index (κ3) is 2.62. The van der Waals surface area contributed by atoms with Gasteiger partial charge in [0.1, 0.15) is 5.82 Å². The van der Waals surface area contributed by atoms with Crippen molar-refractivity contribution in [3.05, 3.63) is 59.1 Å². The average Bonchev–Trinajstić information content (AvgIpc) is 2.38. The fourth-order valence-corrected chi connectivity index (χ4v) is 2.08. The summed E-state index contributed by atoms with van der Waals surface area (Å²) < 4.78 is 12.9. The summed E-state index contributed by atoms with van der Waals surface area (Å²) in [6.45, 7) is 2.05. The molecule has 2 nitrogen and oxygen atoms in total. The number of pyridine rings is 1. The molecule has 1 aromatic carbocycles. The van der Waals surface area contributed by atoms with Crippen LogP contribution >= 0.6 is 11.6 Å². The third-order valence-electron chi connectivity index (χ3n) is 3.06. The highest BCUT2D eigenvalue weighted by atomic mass is 35.5. The summed E-state index contributed by atoms with van der Waals surface area (Å²) in [6.07, 6.45) is 3.32. The van der Waals surface area contributed by atoms with Crippen LogP contribution in [0, 0.1) is 5.82 Å². The zero-order valence-corrected chi connectivity index (χ0v) is 11.0. The predicted molar refractivity (Wildman–Crippen MR) is 72.5 cm³/mol. The maximum absolute atomic E-state index is 12.9. The van der Waals surface area contributed by atoms with E-state index in [2.05, 4.69) is 4.98 Å². The molecule has 18 heavy (non-hydrogen) atoms. The first-order valence-electron chi connectivity index (χ1n) is 5.67. The molecule has 0 aliphatic heterocycles. The fourth-order valence-electron chi connectivity index (χ4n) is 1.83. The monoisotopic (exact) mass is 264 g/mol. The first kappa shape index (κ1) is 12.8. The second kappa shape index (κ2) is 5.36. The second-order valence-corrected chi connectivity index (χ2v) is 4.57. The molecule has 0 bridgehead atoms. The molecule has 0 amide bonds. The summed E-state index contributed by atoms with van der Waals surface area (Å²) in [4.78, 5) is 6.00. The van der Waals surface area contributed by atoms with Crippen LogP contribution in [0.15, 0.2) is 42.7 Å². The van der Waals surface area contributed by atoms with E-state index in [1.807, 2.05) is 24.9 Å². The Kier molecular flexibility index (Phi) is 3.82. The summed E-state index contributed by atoms with van der Waals surface area (Å²) in [5.74, 6) is -0.226. The number of hydrogen-bond donors (Lipinski definition) is 0. The van der Waals surface area contributed by atoms with Crippen LogP contribution in [0.3, 0.4) is 0 Å². The zero-order valence-electron chi connectivity index (χ0n) is 10.3. The minimum atomic E-state index is -0.226. The van der Waals surface area contributed by atoms with E-state index >= 15 is 0 Å². The number of anilines is 1. The van der Waals surface area contributed by atoms with Crippen molar-refractivity contribution in [2.24, 2.45) is 0 Å². The van der Waals surface area contributed by atoms with Gasteiger partial charge >= 0.3 is 0 Å². The lowest BCUT2D eigenvalue weighted by Crippen LogP contribution is -2.21. The minimum Gasteiger partial charge on any atom is -0.367 e. The molecule has 4 heteroatoms. The number of benzene rings is 1. The molecule has 0 saturated heterocycles. The van der Waals surface area contributed by atoms with E-state index < -0.39 is 0 Å². The van der Waals surface area contributed by atoms with Crippen molar-refractivity contribution in [2.75, 3.05) is 11.9 Å². The predicted octanol–water partition coefficient (Wildman–Crippen LogP) is 4.07. The van der Waals surface area contributed by atoms with Gasteiger partial charge in [0.2, 0.25) is 0 Å². The topological polar surface area (TPSA) is 16.1 Å². The van der Waals surface area contributed by atoms with Crippen molar-refractivity contribution in [3.8, 4) is 0 Å². The van der Waals surface area contributed by atoms with Crippen LogP contribution < -0.4 is 4.90 Å². The molecule has 94 valence electrons. The van der Waals surface area contributed by atoms with Gasteiger partial charge in [0, 0.05) is 19.4 Å². The minimum absolute atomic E-state index is 0.102. The molecule has 1 aromatic heterocycles. The standard InChI is InChI=1S/C14H14ClFN2/c1-10(11-3-5-12(16)6-4-11)18(2)14-7-8-17-9-13(14)15/h3-10H,1-2H3. The van der Waals surface area contributed by atoms with E-state index in [0.717, 1.165) is 11.3 Å². The van der Waals surface area contributed by atoms with Crippen LogP contribution in [0.4, 0.5) is 10.1 Å². The Labute approximate surface area is 111 Å². The highest BCUT2D eigenvalue weighted by Crippen LogP contribution is 2.30. The van der Waals surface area contributed by atoms with Gasteiger partial charge in [-0.2, -0.15) is 0 Å². The molecule has 1 heterocycles. The lowest BCUT2D eigenvalue weighted by Gasteiger charge is -2.28. The Balaban J connectivity index is 2.26. The van der Waals surface area contributed by atoms with E-state index in [1.54, 1.807) is 24.5 Å². The Bertz CT molecular complexity index is 528. The normalized spacial score (nSPS) is 12.2. The van der Waals surface area contributed by atoms with Crippen LogP contribution in [0.2, 0.25) is 5.02 Å². The molecule has 1 atom stereocenters. The SMILES string of the molecule is CC(c1ccc(F)cc1)N(C)c1ccncc1Cl. The highest BCUT2D eigenvalue weighted by Gasteiger charge is 2.14. The Morgan fingerprint density at radius 1 is 1.22 bits per heavy atom. The summed E-state index contributed by atoms with van der Waals surface area (Å²) in [5.41, 5.74) is 1.94. The van der Waals surface area contributed by atoms with Crippen molar-refractivity contribution in [2.45, 2.75) is 13.0 Å². The molecule has 0 aliphatic carbocycles. The van der Waals surface area contributed by atoms with E-state index in [9.17, 15) is 4.39 Å². The number of aromatic nitrogens is 1. The second-order valence-electron chi connectivity index (χ2n) is 4.17. The lowest BCUT2D eigenvalue weighted by atomic mass is 10.1. The van der Waals surface area contributed by atoms with Crippen LogP contribution in [0.5, 0.6) is 0 Å². The van der Waals surface area contributed by atoms with Gasteiger partial charge in [0.15, 0.2) is 0 Å². The first-order valence-corrected chi connectivity index (χ1v) is 6.05. The molecule has 0 spiro atoms. The molecule has 0 fully saturated rings. The van der Waals surface area contributed by atoms with Gasteiger partial charge in [-0.05, 0) is 30.7 Å². The maximum atomic E-state index is 12.9. The first-order chi connectivity index (χ1) is 8.59. The van der Waals surface area contributed by atoms with Gasteiger partial charge in [-0.1, -0.05) is 23.7 Å². The molecule has 0 N–H and O–H groups in total. The molecule has 0 saturated carbocycles. The Morgan fingerprint density at radius 3 is 2.50 bits per heavy atom. The van der Waals surface area contributed by atoms with Crippen LogP contribution in [0.1, 0.15) is 18.5 Å². The largest absolute Gasteiger partial charge is 0.367 e. The van der Waals surface area contributed by atoms with E-state index in [-0.39, 0.29) is 11.9 Å². The smallest absolute Gasteiger partial charge is 0.123 e. The van der Waals surface area contributed by atoms with Crippen molar-refractivity contribution in [1.82, 2.24) is 4.98 Å². The van der Waals surface area contributed by atoms with Gasteiger partial charge < -0.3 is 4.90 Å². The number of rotatable bonds is 3. The van der Waals surface area contributed by atoms with E-state index in [4.69, 9.17) is 11.6 Å². The maximum Gasteiger partial charge on any atom is 0.123 e. The molecular formula is C14H14ClFN2. The number of nitrogens with zero attached hydrogens (tertiary/aromatic N) is 2. The fraction of sp³-hybridized carbons (Fsp3) is 0.214. The highest BCUT2D eigenvalue weighted by molar-refractivity contribution is 6.33. The quantitative estimate of drug-likeness (QED) is 0.831. The van der Waals surface area contributed by atoms with Gasteiger partial charge in [-0.3, -0.25) is 4.98 Å². The van der Waals surface area contributed by atoms with Crippen LogP contribution in [0.25, 0.3) is 0 Å². The van der Waals surface area contributed by atoms with Gasteiger partial charge in [-0.15, -0.1) is 0 Å². The molecule has 0 radical (unpaired) electrons. The molecule has 2 aromatic rings. The molecule has 1 unspecified atom stereocenters. The summed E-state index contributed by atoms with van der Waals surface area (Å²) >= 11 is 6.11. The third-order valence-corrected chi connectivity index (χ3v) is 3.36. The van der Waals surface area contributed by atoms with Crippen LogP contribution in [-0.4, -0.2) is 12.0 Å². The zero-order chi connectivity index (χ0) is 13.1. The van der Waals surface area contributed by atoms with Crippen LogP contribution in [-0.2, 0) is 0 Å². The lowest BCUT2D eigenvalue weighted by molar-refractivity contribution is 0.625. The molecule has 2 rings (SSSR count). The average molecular weight is 265 g/mol. The number of hydrogen-bond acceptors (Lipinski definition) is 2. The van der Waals surface area contributed by atoms with Crippen molar-refractivity contribution < 1.29 is 4.39 Å². The number of halogens is 2. The Morgan fingerprint density at radius 2 is 1.89 bits per heavy atom. The van der Waals surface area contributed by atoms with E-state index in [0.29, 0.717) is 5.02 Å². The summed E-state index contributed by atoms with van der Waals surface area (Å²) in [7, 11) is 1.95. The Hall–Kier alpha value is -1.61. The van der Waals surface area contributed by atoms with Gasteiger partial charge in [0.05, 0.1) is 16.8 Å². The molecular weight excluding hydrogens is 251 g/mol. The van der Waals surface area contributed by atoms with E-state index in [1.165, 1.54) is 12.1 Å². The van der Waals surface area contributed by atoms with Crippen molar-refractivity contribution in [1.29, 1.82) is 0 Å². The van der Waals surface area contributed by atoms with Crippen molar-refractivity contribution >= 4 is 17.3 Å².